The van der Waals surface area contributed by atoms with Crippen molar-refractivity contribution in [2.75, 3.05) is 26.2 Å². The van der Waals surface area contributed by atoms with Crippen molar-refractivity contribution in [3.63, 3.8) is 0 Å². The van der Waals surface area contributed by atoms with Gasteiger partial charge in [-0.25, -0.2) is 4.39 Å². The number of rotatable bonds is 10. The van der Waals surface area contributed by atoms with Gasteiger partial charge in [-0.05, 0) is 80.2 Å². The zero-order valence-corrected chi connectivity index (χ0v) is 21.4. The molecular formula is C30H37FN4O. The van der Waals surface area contributed by atoms with Crippen LogP contribution >= 0.6 is 0 Å². The second kappa shape index (κ2) is 12.6. The van der Waals surface area contributed by atoms with Crippen LogP contribution in [0.25, 0.3) is 10.8 Å². The van der Waals surface area contributed by atoms with E-state index in [1.165, 1.54) is 6.07 Å². The van der Waals surface area contributed by atoms with Gasteiger partial charge in [-0.15, -0.1) is 0 Å². The normalized spacial score (nSPS) is 15.6. The third kappa shape index (κ3) is 6.49. The summed E-state index contributed by atoms with van der Waals surface area (Å²) in [6.07, 6.45) is 4.17. The van der Waals surface area contributed by atoms with Gasteiger partial charge >= 0.3 is 0 Å². The Hall–Kier alpha value is -3.25. The lowest BCUT2D eigenvalue weighted by Gasteiger charge is -2.26. The number of aliphatic imine (C=N–C) groups is 1. The molecule has 1 heterocycles. The highest BCUT2D eigenvalue weighted by atomic mass is 19.1. The number of carbonyl (C=O) groups is 1. The average molecular weight is 489 g/mol. The first kappa shape index (κ1) is 25.8. The summed E-state index contributed by atoms with van der Waals surface area (Å²) < 4.78 is 14.9. The summed E-state index contributed by atoms with van der Waals surface area (Å²) in [4.78, 5) is 20.1. The molecule has 0 radical (unpaired) electrons. The fourth-order valence-electron chi connectivity index (χ4n) is 5.01. The van der Waals surface area contributed by atoms with Gasteiger partial charge in [0.2, 0.25) is 0 Å². The van der Waals surface area contributed by atoms with Crippen LogP contribution in [0.1, 0.15) is 54.6 Å². The molecule has 0 fully saturated rings. The Morgan fingerprint density at radius 1 is 1.06 bits per heavy atom. The van der Waals surface area contributed by atoms with Gasteiger partial charge in [-0.2, -0.15) is 0 Å². The highest BCUT2D eigenvalue weighted by Gasteiger charge is 2.20. The molecule has 0 spiro atoms. The Bertz CT molecular complexity index is 1200. The highest BCUT2D eigenvalue weighted by molar-refractivity contribution is 6.06. The number of benzene rings is 3. The van der Waals surface area contributed by atoms with Gasteiger partial charge in [0.05, 0.1) is 0 Å². The Labute approximate surface area is 213 Å². The number of aryl methyl sites for hydroxylation is 1. The molecule has 0 aliphatic carbocycles. The van der Waals surface area contributed by atoms with Crippen molar-refractivity contribution < 1.29 is 9.18 Å². The van der Waals surface area contributed by atoms with E-state index in [0.717, 1.165) is 55.2 Å². The Morgan fingerprint density at radius 3 is 2.67 bits per heavy atom. The summed E-state index contributed by atoms with van der Waals surface area (Å²) >= 11 is 0. The van der Waals surface area contributed by atoms with E-state index in [2.05, 4.69) is 58.6 Å². The van der Waals surface area contributed by atoms with E-state index in [-0.39, 0.29) is 17.8 Å². The van der Waals surface area contributed by atoms with Crippen LogP contribution < -0.4 is 10.6 Å². The third-order valence-corrected chi connectivity index (χ3v) is 7.13. The van der Waals surface area contributed by atoms with Crippen LogP contribution in [0.5, 0.6) is 0 Å². The van der Waals surface area contributed by atoms with E-state index in [0.29, 0.717) is 36.5 Å². The molecule has 5 nitrogen and oxygen atoms in total. The zero-order valence-electron chi connectivity index (χ0n) is 21.4. The Balaban J connectivity index is 1.40. The zero-order chi connectivity index (χ0) is 25.3. The predicted molar refractivity (Wildman–Crippen MR) is 146 cm³/mol. The number of amides is 1. The van der Waals surface area contributed by atoms with Gasteiger partial charge in [0.1, 0.15) is 5.82 Å². The van der Waals surface area contributed by atoms with Crippen molar-refractivity contribution in [2.45, 2.75) is 52.0 Å². The summed E-state index contributed by atoms with van der Waals surface area (Å²) in [5.74, 6) is -0.184. The van der Waals surface area contributed by atoms with E-state index < -0.39 is 0 Å². The number of hydrogen-bond acceptors (Lipinski definition) is 4. The maximum Gasteiger partial charge on any atom is 0.258 e. The van der Waals surface area contributed by atoms with E-state index in [9.17, 15) is 9.18 Å². The Kier molecular flexibility index (Phi) is 9.06. The molecule has 2 N–H and O–H groups in total. The molecular weight excluding hydrogens is 451 g/mol. The molecule has 1 atom stereocenters. The molecule has 3 aromatic carbocycles. The summed E-state index contributed by atoms with van der Waals surface area (Å²) in [7, 11) is 0. The maximum atomic E-state index is 14.9. The first-order valence-electron chi connectivity index (χ1n) is 13.2. The van der Waals surface area contributed by atoms with E-state index in [1.807, 2.05) is 18.2 Å². The van der Waals surface area contributed by atoms with Gasteiger partial charge in [0, 0.05) is 23.7 Å². The number of nitrogens with zero attached hydrogens (tertiary/aromatic N) is 2. The van der Waals surface area contributed by atoms with Gasteiger partial charge < -0.3 is 10.2 Å². The summed E-state index contributed by atoms with van der Waals surface area (Å²) in [5.41, 5.74) is 1.95. The van der Waals surface area contributed by atoms with Crippen molar-refractivity contribution in [1.82, 2.24) is 15.5 Å². The molecule has 4 rings (SSSR count). The molecule has 1 aliphatic rings. The smallest absolute Gasteiger partial charge is 0.258 e. The van der Waals surface area contributed by atoms with Gasteiger partial charge in [-0.1, -0.05) is 62.4 Å². The molecule has 0 aromatic heterocycles. The largest absolute Gasteiger partial charge is 0.353 e. The third-order valence-electron chi connectivity index (χ3n) is 7.13. The number of guanidine groups is 1. The van der Waals surface area contributed by atoms with Crippen LogP contribution in [-0.2, 0) is 12.8 Å². The standard InChI is InChI=1S/C30H37FN4O/c1-3-35(4-2)21-9-13-24-19-20-32-30(33-24)34-29(36)27-15-8-16-28(31)26(27)18-17-23-12-7-11-22-10-5-6-14-25(22)23/h5-8,10-12,14-16,24H,3-4,9,13,17-21H2,1-2H3,(H2,32,33,34,36). The van der Waals surface area contributed by atoms with Crippen molar-refractivity contribution in [3.8, 4) is 0 Å². The average Bonchev–Trinajstić information content (AvgIpc) is 2.90. The lowest BCUT2D eigenvalue weighted by Crippen LogP contribution is -2.49. The second-order valence-corrected chi connectivity index (χ2v) is 9.39. The monoisotopic (exact) mass is 488 g/mol. The lowest BCUT2D eigenvalue weighted by molar-refractivity contribution is 0.0973. The van der Waals surface area contributed by atoms with Crippen molar-refractivity contribution in [1.29, 1.82) is 0 Å². The van der Waals surface area contributed by atoms with Crippen molar-refractivity contribution >= 4 is 22.6 Å². The number of halogens is 1. The molecule has 0 saturated heterocycles. The summed E-state index contributed by atoms with van der Waals surface area (Å²) in [5, 5.41) is 8.61. The minimum absolute atomic E-state index is 0.284. The highest BCUT2D eigenvalue weighted by Crippen LogP contribution is 2.22. The first-order chi connectivity index (χ1) is 17.6. The first-order valence-corrected chi connectivity index (χ1v) is 13.2. The van der Waals surface area contributed by atoms with E-state index >= 15 is 0 Å². The van der Waals surface area contributed by atoms with E-state index in [4.69, 9.17) is 0 Å². The van der Waals surface area contributed by atoms with Crippen LogP contribution in [0.15, 0.2) is 65.7 Å². The predicted octanol–water partition coefficient (Wildman–Crippen LogP) is 5.33. The molecule has 36 heavy (non-hydrogen) atoms. The number of fused-ring (bicyclic) bond motifs is 1. The van der Waals surface area contributed by atoms with Gasteiger partial charge in [0.15, 0.2) is 5.96 Å². The van der Waals surface area contributed by atoms with Crippen molar-refractivity contribution in [2.24, 2.45) is 4.99 Å². The number of nitrogens with one attached hydrogen (secondary N) is 2. The minimum Gasteiger partial charge on any atom is -0.353 e. The SMILES string of the molecule is CCN(CC)CCCC1CCN=C(NC(=O)c2cccc(F)c2CCc2cccc3ccccc23)N1. The fraction of sp³-hybridized carbons (Fsp3) is 0.400. The molecule has 0 saturated carbocycles. The quantitative estimate of drug-likeness (QED) is 0.405. The van der Waals surface area contributed by atoms with E-state index in [1.54, 1.807) is 12.1 Å². The second-order valence-electron chi connectivity index (χ2n) is 9.39. The fourth-order valence-corrected chi connectivity index (χ4v) is 5.01. The molecule has 1 aliphatic heterocycles. The molecule has 3 aromatic rings. The number of hydrogen-bond donors (Lipinski definition) is 2. The van der Waals surface area contributed by atoms with Crippen molar-refractivity contribution in [3.05, 3.63) is 83.2 Å². The molecule has 1 amide bonds. The molecule has 190 valence electrons. The summed E-state index contributed by atoms with van der Waals surface area (Å²) in [6.45, 7) is 8.25. The molecule has 6 heteroatoms. The molecule has 1 unspecified atom stereocenters. The van der Waals surface area contributed by atoms with Crippen LogP contribution in [0.3, 0.4) is 0 Å². The maximum absolute atomic E-state index is 14.9. The van der Waals surface area contributed by atoms with Crippen LogP contribution in [0, 0.1) is 5.82 Å². The number of carbonyl (C=O) groups excluding carboxylic acids is 1. The molecule has 0 bridgehead atoms. The minimum atomic E-state index is -0.351. The summed E-state index contributed by atoms with van der Waals surface area (Å²) in [6, 6.07) is 19.4. The van der Waals surface area contributed by atoms with Crippen LogP contribution in [0.4, 0.5) is 4.39 Å². The van der Waals surface area contributed by atoms with Crippen LogP contribution in [0.2, 0.25) is 0 Å². The lowest BCUT2D eigenvalue weighted by atomic mass is 9.95. The van der Waals surface area contributed by atoms with Gasteiger partial charge in [0.25, 0.3) is 5.91 Å². The topological polar surface area (TPSA) is 56.7 Å². The Morgan fingerprint density at radius 2 is 1.83 bits per heavy atom. The van der Waals surface area contributed by atoms with Crippen LogP contribution in [-0.4, -0.2) is 49.0 Å². The van der Waals surface area contributed by atoms with Gasteiger partial charge in [-0.3, -0.25) is 15.1 Å².